The number of anilines is 1. The summed E-state index contributed by atoms with van der Waals surface area (Å²) in [5.41, 5.74) is 0.972. The standard InChI is InChI=1S/C24H28F2N6O/c1-14(2)32-24(33-20-6-4-5-19(25)23(20)26)29-21(30-32)10-18-16-7-8-17(18)12-31(11-16)22-9-15(3)27-13-28-22/h4-6,9,13-14,16-18H,7-8,10-12H2,1-3H3/t16-,17+,18?. The predicted octanol–water partition coefficient (Wildman–Crippen LogP) is 4.73. The number of halogens is 2. The summed E-state index contributed by atoms with van der Waals surface area (Å²) in [5.74, 6) is 1.06. The number of piperidine rings is 1. The van der Waals surface area contributed by atoms with Crippen LogP contribution in [0.3, 0.4) is 0 Å². The Morgan fingerprint density at radius 1 is 1.12 bits per heavy atom. The average Bonchev–Trinajstić information content (AvgIpc) is 3.27. The van der Waals surface area contributed by atoms with E-state index in [0.29, 0.717) is 23.6 Å². The van der Waals surface area contributed by atoms with Crippen molar-refractivity contribution in [1.82, 2.24) is 24.7 Å². The molecule has 3 atom stereocenters. The number of rotatable bonds is 6. The minimum Gasteiger partial charge on any atom is -0.421 e. The molecule has 3 heterocycles. The van der Waals surface area contributed by atoms with Crippen molar-refractivity contribution in [2.24, 2.45) is 17.8 Å². The van der Waals surface area contributed by atoms with Gasteiger partial charge in [-0.25, -0.2) is 19.0 Å². The summed E-state index contributed by atoms with van der Waals surface area (Å²) in [5, 5.41) is 4.67. The van der Waals surface area contributed by atoms with Crippen molar-refractivity contribution in [2.45, 2.75) is 46.1 Å². The second kappa shape index (κ2) is 8.68. The first-order chi connectivity index (χ1) is 15.9. The van der Waals surface area contributed by atoms with Gasteiger partial charge in [0.2, 0.25) is 5.82 Å². The number of hydrogen-bond acceptors (Lipinski definition) is 6. The largest absolute Gasteiger partial charge is 0.421 e. The Labute approximate surface area is 191 Å². The minimum atomic E-state index is -1.03. The van der Waals surface area contributed by atoms with Gasteiger partial charge in [-0.3, -0.25) is 0 Å². The topological polar surface area (TPSA) is 69.0 Å². The first kappa shape index (κ1) is 21.7. The maximum atomic E-state index is 14.1. The van der Waals surface area contributed by atoms with E-state index in [1.165, 1.54) is 25.0 Å². The van der Waals surface area contributed by atoms with Crippen LogP contribution in [0.2, 0.25) is 0 Å². The van der Waals surface area contributed by atoms with Gasteiger partial charge in [0.1, 0.15) is 12.1 Å². The lowest BCUT2D eigenvalue weighted by Gasteiger charge is -2.38. The van der Waals surface area contributed by atoms with Crippen molar-refractivity contribution in [2.75, 3.05) is 18.0 Å². The molecule has 2 fully saturated rings. The highest BCUT2D eigenvalue weighted by Crippen LogP contribution is 2.44. The predicted molar refractivity (Wildman–Crippen MR) is 119 cm³/mol. The second-order valence-electron chi connectivity index (χ2n) is 9.39. The summed E-state index contributed by atoms with van der Waals surface area (Å²) >= 11 is 0. The first-order valence-corrected chi connectivity index (χ1v) is 11.5. The Balaban J connectivity index is 1.34. The van der Waals surface area contributed by atoms with Crippen LogP contribution >= 0.6 is 0 Å². The maximum absolute atomic E-state index is 14.1. The SMILES string of the molecule is Cc1cc(N2C[C@H]3CC[C@@H](C2)C3Cc2nc(Oc3cccc(F)c3F)n(C(C)C)n2)ncn1. The molecule has 1 aromatic carbocycles. The fourth-order valence-electron chi connectivity index (χ4n) is 5.18. The molecule has 2 aromatic heterocycles. The van der Waals surface area contributed by atoms with Crippen LogP contribution < -0.4 is 9.64 Å². The lowest BCUT2D eigenvalue weighted by Crippen LogP contribution is -2.43. The van der Waals surface area contributed by atoms with Crippen LogP contribution in [0.4, 0.5) is 14.6 Å². The van der Waals surface area contributed by atoms with Crippen molar-refractivity contribution in [3.05, 3.63) is 53.7 Å². The smallest absolute Gasteiger partial charge is 0.320 e. The quantitative estimate of drug-likeness (QED) is 0.536. The highest BCUT2D eigenvalue weighted by atomic mass is 19.2. The molecule has 0 N–H and O–H groups in total. The van der Waals surface area contributed by atoms with E-state index in [2.05, 4.69) is 25.0 Å². The summed E-state index contributed by atoms with van der Waals surface area (Å²) in [6, 6.07) is 6.06. The van der Waals surface area contributed by atoms with Crippen molar-refractivity contribution in [3.63, 3.8) is 0 Å². The molecule has 0 radical (unpaired) electrons. The Kier molecular flexibility index (Phi) is 5.72. The van der Waals surface area contributed by atoms with Crippen LogP contribution in [0.15, 0.2) is 30.6 Å². The molecule has 9 heteroatoms. The molecule has 2 bridgehead atoms. The third-order valence-electron chi connectivity index (χ3n) is 6.81. The molecule has 5 rings (SSSR count). The van der Waals surface area contributed by atoms with Gasteiger partial charge >= 0.3 is 6.01 Å². The van der Waals surface area contributed by atoms with Gasteiger partial charge in [-0.1, -0.05) is 6.07 Å². The van der Waals surface area contributed by atoms with E-state index < -0.39 is 11.6 Å². The minimum absolute atomic E-state index is 0.0301. The van der Waals surface area contributed by atoms with Crippen molar-refractivity contribution >= 4 is 5.82 Å². The Bertz CT molecular complexity index is 1140. The molecule has 0 amide bonds. The third kappa shape index (κ3) is 4.28. The molecule has 3 aromatic rings. The first-order valence-electron chi connectivity index (χ1n) is 11.5. The number of aromatic nitrogens is 5. The van der Waals surface area contributed by atoms with E-state index >= 15 is 0 Å². The van der Waals surface area contributed by atoms with E-state index in [-0.39, 0.29) is 17.8 Å². The molecule has 1 saturated carbocycles. The van der Waals surface area contributed by atoms with Crippen LogP contribution in [0.25, 0.3) is 0 Å². The number of nitrogens with zero attached hydrogens (tertiary/aromatic N) is 6. The molecule has 174 valence electrons. The number of hydrogen-bond donors (Lipinski definition) is 0. The van der Waals surface area contributed by atoms with Gasteiger partial charge in [0.25, 0.3) is 0 Å². The summed E-state index contributed by atoms with van der Waals surface area (Å²) in [4.78, 5) is 15.6. The van der Waals surface area contributed by atoms with Crippen LogP contribution in [0.5, 0.6) is 11.8 Å². The van der Waals surface area contributed by atoms with Crippen LogP contribution in [-0.2, 0) is 6.42 Å². The van der Waals surface area contributed by atoms with Crippen molar-refractivity contribution < 1.29 is 13.5 Å². The Hall–Kier alpha value is -3.10. The van der Waals surface area contributed by atoms with Gasteiger partial charge in [-0.05, 0) is 63.5 Å². The number of aryl methyl sites for hydroxylation is 1. The average molecular weight is 455 g/mol. The maximum Gasteiger partial charge on any atom is 0.320 e. The molecule has 33 heavy (non-hydrogen) atoms. The van der Waals surface area contributed by atoms with Gasteiger partial charge in [0.05, 0.1) is 6.04 Å². The molecule has 7 nitrogen and oxygen atoms in total. The normalized spacial score (nSPS) is 22.2. The van der Waals surface area contributed by atoms with Crippen molar-refractivity contribution in [3.8, 4) is 11.8 Å². The molecular weight excluding hydrogens is 426 g/mol. The van der Waals surface area contributed by atoms with Gasteiger partial charge in [0.15, 0.2) is 17.4 Å². The molecular formula is C24H28F2N6O. The fourth-order valence-corrected chi connectivity index (χ4v) is 5.18. The van der Waals surface area contributed by atoms with Gasteiger partial charge in [0, 0.05) is 31.3 Å². The van der Waals surface area contributed by atoms with E-state index in [4.69, 9.17) is 4.74 Å². The summed E-state index contributed by atoms with van der Waals surface area (Å²) in [7, 11) is 0. The zero-order chi connectivity index (χ0) is 23.1. The summed E-state index contributed by atoms with van der Waals surface area (Å²) < 4.78 is 35.1. The molecule has 1 unspecified atom stereocenters. The fraction of sp³-hybridized carbons (Fsp3) is 0.500. The van der Waals surface area contributed by atoms with Gasteiger partial charge in [-0.15, -0.1) is 0 Å². The molecule has 2 aliphatic rings. The molecule has 1 aliphatic carbocycles. The number of ether oxygens (including phenoxy) is 1. The highest BCUT2D eigenvalue weighted by molar-refractivity contribution is 5.40. The number of benzene rings is 1. The Morgan fingerprint density at radius 3 is 2.58 bits per heavy atom. The van der Waals surface area contributed by atoms with Crippen LogP contribution in [0.1, 0.15) is 44.2 Å². The van der Waals surface area contributed by atoms with Gasteiger partial charge < -0.3 is 9.64 Å². The third-order valence-corrected chi connectivity index (χ3v) is 6.81. The van der Waals surface area contributed by atoms with Crippen LogP contribution in [0, 0.1) is 36.3 Å². The van der Waals surface area contributed by atoms with Crippen molar-refractivity contribution in [1.29, 1.82) is 0 Å². The zero-order valence-electron chi connectivity index (χ0n) is 19.1. The summed E-state index contributed by atoms with van der Waals surface area (Å²) in [6.45, 7) is 7.82. The lowest BCUT2D eigenvalue weighted by molar-refractivity contribution is 0.264. The van der Waals surface area contributed by atoms with E-state index in [1.807, 2.05) is 26.8 Å². The summed E-state index contributed by atoms with van der Waals surface area (Å²) in [6.07, 6.45) is 4.73. The zero-order valence-corrected chi connectivity index (χ0v) is 19.1. The highest BCUT2D eigenvalue weighted by Gasteiger charge is 2.43. The monoisotopic (exact) mass is 454 g/mol. The second-order valence-corrected chi connectivity index (χ2v) is 9.39. The lowest BCUT2D eigenvalue weighted by atomic mass is 9.82. The van der Waals surface area contributed by atoms with E-state index in [0.717, 1.165) is 37.1 Å². The number of fused-ring (bicyclic) bond motifs is 2. The molecule has 1 saturated heterocycles. The Morgan fingerprint density at radius 2 is 1.88 bits per heavy atom. The molecule has 0 spiro atoms. The van der Waals surface area contributed by atoms with E-state index in [1.54, 1.807) is 11.0 Å². The van der Waals surface area contributed by atoms with Gasteiger partial charge in [-0.2, -0.15) is 14.5 Å². The van der Waals surface area contributed by atoms with E-state index in [9.17, 15) is 8.78 Å². The molecule has 1 aliphatic heterocycles. The van der Waals surface area contributed by atoms with Crippen LogP contribution in [-0.4, -0.2) is 37.8 Å².